The van der Waals surface area contributed by atoms with E-state index in [1.807, 2.05) is 29.2 Å². The van der Waals surface area contributed by atoms with Gasteiger partial charge in [0.2, 0.25) is 11.8 Å². The van der Waals surface area contributed by atoms with Crippen molar-refractivity contribution < 1.29 is 23.1 Å². The molecule has 31 heavy (non-hydrogen) atoms. The largest absolute Gasteiger partial charge is 0.497 e. The molecule has 0 aliphatic carbocycles. The molecule has 1 atom stereocenters. The van der Waals surface area contributed by atoms with E-state index in [4.69, 9.17) is 4.74 Å². The number of hydrogen-bond acceptors (Lipinski definition) is 3. The molecule has 1 aliphatic rings. The van der Waals surface area contributed by atoms with E-state index in [0.29, 0.717) is 31.4 Å². The highest BCUT2D eigenvalue weighted by molar-refractivity contribution is 5.79. The van der Waals surface area contributed by atoms with Gasteiger partial charge in [0.25, 0.3) is 0 Å². The average molecular weight is 430 g/mol. The maximum absolute atomic E-state index is 13.2. The summed E-state index contributed by atoms with van der Waals surface area (Å²) >= 11 is 0. The lowest BCUT2D eigenvalue weighted by atomic mass is 9.93. The van der Waals surface area contributed by atoms with Crippen molar-refractivity contribution >= 4 is 11.8 Å². The molecule has 166 valence electrons. The lowest BCUT2D eigenvalue weighted by Gasteiger charge is -2.33. The SMILES string of the molecule is COc1ccc(CC(=O)N2CCCC(CCC(=O)NCc3ccc(F)c(F)c3)C2)cc1. The molecule has 7 heteroatoms. The van der Waals surface area contributed by atoms with Crippen molar-refractivity contribution in [2.75, 3.05) is 20.2 Å². The number of methoxy groups -OCH3 is 1. The average Bonchev–Trinajstić information content (AvgIpc) is 2.79. The number of carbonyl (C=O) groups excluding carboxylic acids is 2. The number of nitrogens with zero attached hydrogens (tertiary/aromatic N) is 1. The third kappa shape index (κ3) is 6.77. The van der Waals surface area contributed by atoms with E-state index in [0.717, 1.165) is 42.8 Å². The van der Waals surface area contributed by atoms with Crippen molar-refractivity contribution in [3.63, 3.8) is 0 Å². The summed E-state index contributed by atoms with van der Waals surface area (Å²) in [6, 6.07) is 11.1. The van der Waals surface area contributed by atoms with E-state index < -0.39 is 11.6 Å². The van der Waals surface area contributed by atoms with Gasteiger partial charge in [-0.1, -0.05) is 18.2 Å². The number of piperidine rings is 1. The molecule has 1 heterocycles. The Morgan fingerprint density at radius 1 is 1.10 bits per heavy atom. The molecule has 1 N–H and O–H groups in total. The normalized spacial score (nSPS) is 16.1. The number of carbonyl (C=O) groups is 2. The van der Waals surface area contributed by atoms with Gasteiger partial charge in [0.15, 0.2) is 11.6 Å². The second kappa shape index (κ2) is 10.9. The Hall–Kier alpha value is -2.96. The molecular formula is C24H28F2N2O3. The molecule has 1 aliphatic heterocycles. The number of ether oxygens (including phenoxy) is 1. The van der Waals surface area contributed by atoms with Gasteiger partial charge in [0.1, 0.15) is 5.75 Å². The first kappa shape index (κ1) is 22.7. The molecule has 2 aromatic carbocycles. The van der Waals surface area contributed by atoms with Crippen LogP contribution in [0.15, 0.2) is 42.5 Å². The van der Waals surface area contributed by atoms with Crippen LogP contribution in [0.3, 0.4) is 0 Å². The van der Waals surface area contributed by atoms with Crippen LogP contribution in [0.1, 0.15) is 36.8 Å². The minimum Gasteiger partial charge on any atom is -0.497 e. The van der Waals surface area contributed by atoms with E-state index >= 15 is 0 Å². The summed E-state index contributed by atoms with van der Waals surface area (Å²) in [6.45, 7) is 1.56. The maximum Gasteiger partial charge on any atom is 0.226 e. The number of halogens is 2. The van der Waals surface area contributed by atoms with Gasteiger partial charge < -0.3 is 15.0 Å². The third-order valence-corrected chi connectivity index (χ3v) is 5.64. The molecule has 3 rings (SSSR count). The molecule has 0 aromatic heterocycles. The zero-order chi connectivity index (χ0) is 22.2. The summed E-state index contributed by atoms with van der Waals surface area (Å²) < 4.78 is 31.4. The summed E-state index contributed by atoms with van der Waals surface area (Å²) in [5.41, 5.74) is 1.46. The standard InChI is InChI=1S/C24H28F2N2O3/c1-31-20-8-4-17(5-9-20)14-24(30)28-12-2-3-18(16-28)7-11-23(29)27-15-19-6-10-21(25)22(26)13-19/h4-6,8-10,13,18H,2-3,7,11-12,14-16H2,1H3,(H,27,29). The lowest BCUT2D eigenvalue weighted by Crippen LogP contribution is -2.41. The molecule has 1 saturated heterocycles. The molecule has 0 saturated carbocycles. The van der Waals surface area contributed by atoms with Crippen molar-refractivity contribution in [3.05, 3.63) is 65.2 Å². The molecule has 0 bridgehead atoms. The van der Waals surface area contributed by atoms with Gasteiger partial charge in [-0.15, -0.1) is 0 Å². The van der Waals surface area contributed by atoms with E-state index in [1.54, 1.807) is 7.11 Å². The monoisotopic (exact) mass is 430 g/mol. The fourth-order valence-electron chi connectivity index (χ4n) is 3.83. The Morgan fingerprint density at radius 3 is 2.55 bits per heavy atom. The topological polar surface area (TPSA) is 58.6 Å². The predicted octanol–water partition coefficient (Wildman–Crippen LogP) is 3.85. The molecule has 0 radical (unpaired) electrons. The molecule has 1 unspecified atom stereocenters. The first-order chi connectivity index (χ1) is 14.9. The highest BCUT2D eigenvalue weighted by Gasteiger charge is 2.24. The summed E-state index contributed by atoms with van der Waals surface area (Å²) in [5, 5.41) is 2.74. The zero-order valence-corrected chi connectivity index (χ0v) is 17.7. The third-order valence-electron chi connectivity index (χ3n) is 5.64. The Bertz CT molecular complexity index is 902. The van der Waals surface area contributed by atoms with Crippen molar-refractivity contribution in [1.29, 1.82) is 0 Å². The van der Waals surface area contributed by atoms with Gasteiger partial charge in [-0.3, -0.25) is 9.59 Å². The molecule has 2 aromatic rings. The van der Waals surface area contributed by atoms with Crippen LogP contribution in [-0.2, 0) is 22.6 Å². The van der Waals surface area contributed by atoms with Crippen LogP contribution in [0.4, 0.5) is 8.78 Å². The number of benzene rings is 2. The lowest BCUT2D eigenvalue weighted by molar-refractivity contribution is -0.132. The fourth-order valence-corrected chi connectivity index (χ4v) is 3.83. The first-order valence-corrected chi connectivity index (χ1v) is 10.6. The zero-order valence-electron chi connectivity index (χ0n) is 17.7. The number of amides is 2. The maximum atomic E-state index is 13.2. The van der Waals surface area contributed by atoms with E-state index in [9.17, 15) is 18.4 Å². The Labute approximate surface area is 181 Å². The van der Waals surface area contributed by atoms with Crippen LogP contribution in [0.2, 0.25) is 0 Å². The molecule has 1 fully saturated rings. The minimum absolute atomic E-state index is 0.0951. The van der Waals surface area contributed by atoms with Crippen LogP contribution in [-0.4, -0.2) is 36.9 Å². The van der Waals surface area contributed by atoms with Gasteiger partial charge in [-0.05, 0) is 60.6 Å². The van der Waals surface area contributed by atoms with Crippen molar-refractivity contribution in [3.8, 4) is 5.75 Å². The quantitative estimate of drug-likeness (QED) is 0.692. The number of rotatable bonds is 8. The highest BCUT2D eigenvalue weighted by Crippen LogP contribution is 2.22. The smallest absolute Gasteiger partial charge is 0.226 e. The Balaban J connectivity index is 1.41. The van der Waals surface area contributed by atoms with E-state index in [1.165, 1.54) is 6.07 Å². The Morgan fingerprint density at radius 2 is 1.84 bits per heavy atom. The van der Waals surface area contributed by atoms with Gasteiger partial charge in [-0.25, -0.2) is 8.78 Å². The van der Waals surface area contributed by atoms with Crippen molar-refractivity contribution in [2.24, 2.45) is 5.92 Å². The summed E-state index contributed by atoms with van der Waals surface area (Å²) in [7, 11) is 1.61. The van der Waals surface area contributed by atoms with Crippen LogP contribution < -0.4 is 10.1 Å². The number of nitrogens with one attached hydrogen (secondary N) is 1. The summed E-state index contributed by atoms with van der Waals surface area (Å²) in [4.78, 5) is 26.7. The van der Waals surface area contributed by atoms with Crippen LogP contribution in [0.5, 0.6) is 5.75 Å². The first-order valence-electron chi connectivity index (χ1n) is 10.6. The summed E-state index contributed by atoms with van der Waals surface area (Å²) in [6.07, 6.45) is 3.30. The second-order valence-electron chi connectivity index (χ2n) is 7.94. The van der Waals surface area contributed by atoms with Crippen LogP contribution >= 0.6 is 0 Å². The predicted molar refractivity (Wildman–Crippen MR) is 113 cm³/mol. The van der Waals surface area contributed by atoms with Crippen LogP contribution in [0.25, 0.3) is 0 Å². The Kier molecular flexibility index (Phi) is 7.98. The molecule has 5 nitrogen and oxygen atoms in total. The van der Waals surface area contributed by atoms with Gasteiger partial charge in [-0.2, -0.15) is 0 Å². The second-order valence-corrected chi connectivity index (χ2v) is 7.94. The fraction of sp³-hybridized carbons (Fsp3) is 0.417. The minimum atomic E-state index is -0.923. The van der Waals surface area contributed by atoms with Gasteiger partial charge in [0.05, 0.1) is 13.5 Å². The van der Waals surface area contributed by atoms with E-state index in [-0.39, 0.29) is 24.3 Å². The van der Waals surface area contributed by atoms with Crippen molar-refractivity contribution in [2.45, 2.75) is 38.6 Å². The number of likely N-dealkylation sites (tertiary alicyclic amines) is 1. The molecule has 2 amide bonds. The number of hydrogen-bond donors (Lipinski definition) is 1. The van der Waals surface area contributed by atoms with E-state index in [2.05, 4.69) is 5.32 Å². The van der Waals surface area contributed by atoms with Gasteiger partial charge >= 0.3 is 0 Å². The highest BCUT2D eigenvalue weighted by atomic mass is 19.2. The molecular weight excluding hydrogens is 402 g/mol. The van der Waals surface area contributed by atoms with Crippen molar-refractivity contribution in [1.82, 2.24) is 10.2 Å². The van der Waals surface area contributed by atoms with Gasteiger partial charge in [0, 0.05) is 26.1 Å². The summed E-state index contributed by atoms with van der Waals surface area (Å²) in [5.74, 6) is -0.824. The molecule has 0 spiro atoms. The van der Waals surface area contributed by atoms with Crippen LogP contribution in [0, 0.1) is 17.6 Å².